The van der Waals surface area contributed by atoms with Gasteiger partial charge in [-0.05, 0) is 44.1 Å². The molecule has 43 heavy (non-hydrogen) atoms. The van der Waals surface area contributed by atoms with Gasteiger partial charge < -0.3 is 20.3 Å². The van der Waals surface area contributed by atoms with Crippen molar-refractivity contribution in [2.45, 2.75) is 70.2 Å². The highest BCUT2D eigenvalue weighted by Gasteiger charge is 2.53. The summed E-state index contributed by atoms with van der Waals surface area (Å²) < 4.78 is 5.25. The third kappa shape index (κ3) is 7.25. The number of unbranched alkanes of at least 4 members (excludes halogenated alkanes) is 1. The summed E-state index contributed by atoms with van der Waals surface area (Å²) in [6.45, 7) is 5.45. The Bertz CT molecular complexity index is 1350. The van der Waals surface area contributed by atoms with E-state index in [1.165, 1.54) is 0 Å². The molecule has 1 atom stereocenters. The molecule has 2 saturated heterocycles. The lowest BCUT2D eigenvalue weighted by Gasteiger charge is -2.51. The number of carbonyl (C=O) groups excluding carboxylic acids is 3. The number of amides is 3. The predicted molar refractivity (Wildman–Crippen MR) is 164 cm³/mol. The molecule has 1 aromatic heterocycles. The number of aromatic nitrogens is 2. The molecule has 0 unspecified atom stereocenters. The Morgan fingerprint density at radius 1 is 1.05 bits per heavy atom. The maximum Gasteiger partial charge on any atom is 0.407 e. The molecule has 3 amide bonds. The molecule has 10 nitrogen and oxygen atoms in total. The number of nitrogens with one attached hydrogen (secondary N) is 3. The summed E-state index contributed by atoms with van der Waals surface area (Å²) in [5.41, 5.74) is 3.27. The van der Waals surface area contributed by atoms with Crippen LogP contribution in [0.1, 0.15) is 56.6 Å². The van der Waals surface area contributed by atoms with E-state index in [9.17, 15) is 14.4 Å². The summed E-state index contributed by atoms with van der Waals surface area (Å²) in [4.78, 5) is 43.5. The van der Waals surface area contributed by atoms with Crippen LogP contribution in [0, 0.1) is 0 Å². The highest BCUT2D eigenvalue weighted by molar-refractivity contribution is 6.00. The van der Waals surface area contributed by atoms with Crippen molar-refractivity contribution in [3.63, 3.8) is 0 Å². The van der Waals surface area contributed by atoms with Gasteiger partial charge in [0.2, 0.25) is 11.8 Å². The molecule has 0 aliphatic carbocycles. The van der Waals surface area contributed by atoms with E-state index in [1.54, 1.807) is 0 Å². The van der Waals surface area contributed by atoms with E-state index in [2.05, 4.69) is 37.9 Å². The Morgan fingerprint density at radius 3 is 2.49 bits per heavy atom. The second kappa shape index (κ2) is 14.3. The van der Waals surface area contributed by atoms with Crippen LogP contribution in [0.2, 0.25) is 0 Å². The summed E-state index contributed by atoms with van der Waals surface area (Å²) in [7, 11) is 0. The SMILES string of the molecule is CCCN1C(=O)[C@H](CCCCNC(=O)OCc2ccccc2)NC(=O)C12CCN(Cc1c[nH]nc1-c1ccccc1)CC2. The van der Waals surface area contributed by atoms with Crippen molar-refractivity contribution in [3.05, 3.63) is 78.0 Å². The smallest absolute Gasteiger partial charge is 0.407 e. The fraction of sp³-hybridized carbons (Fsp3) is 0.455. The number of piperazine rings is 1. The number of alkyl carbamates (subject to hydrolysis) is 1. The van der Waals surface area contributed by atoms with E-state index in [0.717, 1.165) is 48.4 Å². The van der Waals surface area contributed by atoms with Crippen LogP contribution in [0.3, 0.4) is 0 Å². The zero-order chi connectivity index (χ0) is 30.1. The molecular formula is C33H42N6O4. The maximum absolute atomic E-state index is 13.7. The molecule has 228 valence electrons. The van der Waals surface area contributed by atoms with Gasteiger partial charge in [-0.25, -0.2) is 4.79 Å². The van der Waals surface area contributed by atoms with Gasteiger partial charge in [-0.15, -0.1) is 0 Å². The van der Waals surface area contributed by atoms with Gasteiger partial charge >= 0.3 is 6.09 Å². The highest BCUT2D eigenvalue weighted by Crippen LogP contribution is 2.35. The van der Waals surface area contributed by atoms with Crippen molar-refractivity contribution < 1.29 is 19.1 Å². The maximum atomic E-state index is 13.7. The average molecular weight is 587 g/mol. The first-order valence-corrected chi connectivity index (χ1v) is 15.4. The number of benzene rings is 2. The number of rotatable bonds is 12. The van der Waals surface area contributed by atoms with Crippen molar-refractivity contribution in [2.24, 2.45) is 0 Å². The molecule has 2 aromatic carbocycles. The summed E-state index contributed by atoms with van der Waals surface area (Å²) in [6.07, 6.45) is 5.41. The van der Waals surface area contributed by atoms with Crippen molar-refractivity contribution >= 4 is 17.9 Å². The Balaban J connectivity index is 1.10. The number of ether oxygens (including phenoxy) is 1. The van der Waals surface area contributed by atoms with Crippen LogP contribution in [0.25, 0.3) is 11.3 Å². The first-order chi connectivity index (χ1) is 21.0. The zero-order valence-electron chi connectivity index (χ0n) is 24.9. The van der Waals surface area contributed by atoms with E-state index in [4.69, 9.17) is 4.74 Å². The minimum Gasteiger partial charge on any atom is -0.445 e. The van der Waals surface area contributed by atoms with Crippen molar-refractivity contribution in [1.29, 1.82) is 0 Å². The molecular weight excluding hydrogens is 544 g/mol. The Labute approximate surface area is 253 Å². The molecule has 0 saturated carbocycles. The molecule has 2 aliphatic heterocycles. The molecule has 1 spiro atoms. The number of carbonyl (C=O) groups is 3. The molecule has 0 radical (unpaired) electrons. The summed E-state index contributed by atoms with van der Waals surface area (Å²) in [5.74, 6) is -0.0348. The number of likely N-dealkylation sites (tertiary alicyclic amines) is 1. The molecule has 0 bridgehead atoms. The third-order valence-corrected chi connectivity index (χ3v) is 8.50. The fourth-order valence-electron chi connectivity index (χ4n) is 6.16. The molecule has 2 aliphatic rings. The molecule has 3 N–H and O–H groups in total. The molecule has 3 heterocycles. The summed E-state index contributed by atoms with van der Waals surface area (Å²) >= 11 is 0. The largest absolute Gasteiger partial charge is 0.445 e. The lowest BCUT2D eigenvalue weighted by atomic mass is 9.81. The van der Waals surface area contributed by atoms with E-state index in [0.29, 0.717) is 45.2 Å². The first-order valence-electron chi connectivity index (χ1n) is 15.4. The van der Waals surface area contributed by atoms with Gasteiger partial charge in [0.25, 0.3) is 0 Å². The fourth-order valence-corrected chi connectivity index (χ4v) is 6.16. The van der Waals surface area contributed by atoms with E-state index in [-0.39, 0.29) is 18.4 Å². The van der Waals surface area contributed by atoms with Crippen molar-refractivity contribution in [1.82, 2.24) is 30.6 Å². The summed E-state index contributed by atoms with van der Waals surface area (Å²) in [5, 5.41) is 13.3. The normalized spacial score (nSPS) is 18.4. The quantitative estimate of drug-likeness (QED) is 0.273. The van der Waals surface area contributed by atoms with Gasteiger partial charge in [0, 0.05) is 50.0 Å². The predicted octanol–water partition coefficient (Wildman–Crippen LogP) is 4.25. The van der Waals surface area contributed by atoms with Crippen LogP contribution in [0.15, 0.2) is 66.9 Å². The molecule has 5 rings (SSSR count). The molecule has 2 fully saturated rings. The first kappa shape index (κ1) is 30.3. The van der Waals surface area contributed by atoms with Gasteiger partial charge in [0.05, 0.1) is 5.69 Å². The minimum atomic E-state index is -0.803. The highest BCUT2D eigenvalue weighted by atomic mass is 16.5. The third-order valence-electron chi connectivity index (χ3n) is 8.50. The lowest BCUT2D eigenvalue weighted by Crippen LogP contribution is -2.72. The van der Waals surface area contributed by atoms with Gasteiger partial charge in [-0.1, -0.05) is 67.6 Å². The Morgan fingerprint density at radius 2 is 1.77 bits per heavy atom. The van der Waals surface area contributed by atoms with Crippen LogP contribution in [-0.2, 0) is 27.5 Å². The average Bonchev–Trinajstić information content (AvgIpc) is 3.50. The van der Waals surface area contributed by atoms with E-state index in [1.807, 2.05) is 66.6 Å². The monoisotopic (exact) mass is 586 g/mol. The Kier molecular flexibility index (Phi) is 10.1. The van der Waals surface area contributed by atoms with Gasteiger partial charge in [-0.3, -0.25) is 19.6 Å². The Hall–Kier alpha value is -4.18. The van der Waals surface area contributed by atoms with Gasteiger partial charge in [0.1, 0.15) is 18.2 Å². The van der Waals surface area contributed by atoms with E-state index >= 15 is 0 Å². The number of hydrogen-bond donors (Lipinski definition) is 3. The number of nitrogens with zero attached hydrogens (tertiary/aromatic N) is 3. The standard InChI is InChI=1S/C33H42N6O4/c1-2-19-39-30(40)28(15-9-10-18-34-32(42)43-24-25-11-5-3-6-12-25)36-31(41)33(39)16-20-38(21-17-33)23-27-22-35-37-29(27)26-13-7-4-8-14-26/h3-8,11-14,22,28H,2,9-10,15-21,23-24H2,1H3,(H,34,42)(H,35,37)(H,36,41)/t28-/m0/s1. The topological polar surface area (TPSA) is 120 Å². The van der Waals surface area contributed by atoms with Gasteiger partial charge in [-0.2, -0.15) is 5.10 Å². The van der Waals surface area contributed by atoms with Crippen LogP contribution < -0.4 is 10.6 Å². The van der Waals surface area contributed by atoms with Crippen LogP contribution in [0.5, 0.6) is 0 Å². The molecule has 3 aromatic rings. The number of piperidine rings is 1. The minimum absolute atomic E-state index is 0.00586. The molecule has 10 heteroatoms. The number of aromatic amines is 1. The zero-order valence-corrected chi connectivity index (χ0v) is 24.9. The van der Waals surface area contributed by atoms with Crippen molar-refractivity contribution in [3.8, 4) is 11.3 Å². The van der Waals surface area contributed by atoms with Crippen LogP contribution in [-0.4, -0.2) is 75.7 Å². The van der Waals surface area contributed by atoms with Crippen molar-refractivity contribution in [2.75, 3.05) is 26.2 Å². The van der Waals surface area contributed by atoms with Gasteiger partial charge in [0.15, 0.2) is 0 Å². The number of hydrogen-bond acceptors (Lipinski definition) is 6. The number of H-pyrrole nitrogens is 1. The van der Waals surface area contributed by atoms with Crippen LogP contribution in [0.4, 0.5) is 4.79 Å². The second-order valence-corrected chi connectivity index (χ2v) is 11.4. The summed E-state index contributed by atoms with van der Waals surface area (Å²) in [6, 6.07) is 19.1. The second-order valence-electron chi connectivity index (χ2n) is 11.4. The lowest BCUT2D eigenvalue weighted by molar-refractivity contribution is -0.161. The van der Waals surface area contributed by atoms with Crippen LogP contribution >= 0.6 is 0 Å². The van der Waals surface area contributed by atoms with E-state index < -0.39 is 17.7 Å².